The van der Waals surface area contributed by atoms with Crippen LogP contribution in [0.1, 0.15) is 58.2 Å². The molecule has 0 bridgehead atoms. The fourth-order valence-electron chi connectivity index (χ4n) is 10.7. The number of benzene rings is 5. The largest absolute Gasteiger partial charge is 0.642 e. The van der Waals surface area contributed by atoms with Crippen molar-refractivity contribution in [2.45, 2.75) is 47.1 Å². The highest BCUT2D eigenvalue weighted by atomic mass is 32.1. The van der Waals surface area contributed by atoms with Gasteiger partial charge in [-0.2, -0.15) is 0 Å². The van der Waals surface area contributed by atoms with Crippen LogP contribution in [-0.2, 0) is 10.3 Å². The smallest absolute Gasteiger partial charge is 0.414 e. The van der Waals surface area contributed by atoms with Gasteiger partial charge in [0.2, 0.25) is 5.82 Å². The van der Waals surface area contributed by atoms with Crippen molar-refractivity contribution < 1.29 is 17.9 Å². The quantitative estimate of drug-likeness (QED) is 0.156. The van der Waals surface area contributed by atoms with Crippen LogP contribution in [0, 0.1) is 10.8 Å². The number of nitrogens with zero attached hydrogens (tertiary/aromatic N) is 5. The molecule has 10 heteroatoms. The SMILES string of the molecule is CC(C)(C)C1=CC2(C=C(C(C)(C)C)C1=O)c1ccsc1-c1c(-c3ccccc3)nc(-c3ccc(C4=CC(c5ccccc5)=[N+]5C4=Nc4c(-c6ccccc6)cc(-c6ccccc6)n4[B-]5(F)F)cc3)n12. The van der Waals surface area contributed by atoms with Crippen LogP contribution >= 0.6 is 11.3 Å². The molecule has 3 aromatic heterocycles. The van der Waals surface area contributed by atoms with Gasteiger partial charge in [0, 0.05) is 44.7 Å². The summed E-state index contributed by atoms with van der Waals surface area (Å²) in [5.41, 5.74) is 9.48. The predicted molar refractivity (Wildman–Crippen MR) is 278 cm³/mol. The molecule has 1 spiro atoms. The number of aromatic nitrogens is 3. The first-order valence-corrected chi connectivity index (χ1v) is 24.3. The van der Waals surface area contributed by atoms with Crippen molar-refractivity contribution in [2.24, 2.45) is 15.8 Å². The van der Waals surface area contributed by atoms with Crippen LogP contribution in [0.25, 0.3) is 61.2 Å². The zero-order valence-electron chi connectivity index (χ0n) is 39.2. The van der Waals surface area contributed by atoms with Crippen molar-refractivity contribution in [3.63, 3.8) is 0 Å². The Morgan fingerprint density at radius 2 is 1.17 bits per heavy atom. The van der Waals surface area contributed by atoms with Crippen molar-refractivity contribution in [2.75, 3.05) is 0 Å². The summed E-state index contributed by atoms with van der Waals surface area (Å²) in [6, 6.07) is 50.8. The molecule has 0 atom stereocenters. The summed E-state index contributed by atoms with van der Waals surface area (Å²) >= 11 is 1.69. The molecular formula is C59H48BF2N5OS. The van der Waals surface area contributed by atoms with Crippen LogP contribution in [0.4, 0.5) is 14.4 Å². The number of Topliss-reactive ketones (excluding diaryl/α,β-unsaturated/α-hetero) is 1. The van der Waals surface area contributed by atoms with Gasteiger partial charge in [-0.3, -0.25) is 4.79 Å². The molecule has 6 nitrogen and oxygen atoms in total. The molecule has 0 amide bonds. The highest BCUT2D eigenvalue weighted by molar-refractivity contribution is 7.14. The van der Waals surface area contributed by atoms with Crippen LogP contribution in [0.15, 0.2) is 197 Å². The van der Waals surface area contributed by atoms with Crippen molar-refractivity contribution in [3.05, 3.63) is 209 Å². The summed E-state index contributed by atoms with van der Waals surface area (Å²) < 4.78 is 40.8. The van der Waals surface area contributed by atoms with E-state index in [1.54, 1.807) is 11.3 Å². The number of halogens is 2. The highest BCUT2D eigenvalue weighted by Gasteiger charge is 2.54. The van der Waals surface area contributed by atoms with Gasteiger partial charge in [-0.25, -0.2) is 4.98 Å². The van der Waals surface area contributed by atoms with Gasteiger partial charge in [0.1, 0.15) is 11.4 Å². The Bertz CT molecular complexity index is 3550. The molecule has 0 saturated carbocycles. The number of carbonyl (C=O) groups excluding carboxylic acids is 1. The molecule has 6 heterocycles. The zero-order valence-corrected chi connectivity index (χ0v) is 40.0. The Kier molecular flexibility index (Phi) is 9.44. The van der Waals surface area contributed by atoms with Crippen molar-refractivity contribution >= 4 is 47.0 Å². The minimum absolute atomic E-state index is 0.0720. The lowest BCUT2D eigenvalue weighted by molar-refractivity contribution is -0.291. The first-order valence-electron chi connectivity index (χ1n) is 23.5. The maximum absolute atomic E-state index is 18.1. The number of imidazole rings is 1. The summed E-state index contributed by atoms with van der Waals surface area (Å²) in [6.45, 7) is 8.17. The standard InChI is InChI=1S/C59H48BF2N5OS/c1-57(2,3)46-35-59(36-47(52(46)68)58(4,5)6)45-31-32-69-53(45)51-50(41-25-17-10-18-26-41)63-54(65(51)59)42-29-27-38(28-30-42)44-34-49(40-23-15-9-16-24-40)67-56(44)64-55-43(37-19-11-7-12-20-37)33-48(66(55)60(67,61)62)39-21-13-8-14-22-39/h7-36H,1-6H3. The van der Waals surface area contributed by atoms with Gasteiger partial charge < -0.3 is 22.2 Å². The van der Waals surface area contributed by atoms with E-state index in [0.717, 1.165) is 70.0 Å². The lowest BCUT2D eigenvalue weighted by Crippen LogP contribution is -2.53. The van der Waals surface area contributed by atoms with Gasteiger partial charge in [-0.15, -0.1) is 11.3 Å². The monoisotopic (exact) mass is 923 g/mol. The molecule has 3 aliphatic heterocycles. The van der Waals surface area contributed by atoms with Crippen LogP contribution in [0.3, 0.4) is 0 Å². The lowest BCUT2D eigenvalue weighted by Gasteiger charge is -2.39. The fraction of sp³-hybridized carbons (Fsp3) is 0.153. The summed E-state index contributed by atoms with van der Waals surface area (Å²) in [4.78, 5) is 26.4. The third kappa shape index (κ3) is 6.48. The Hall–Kier alpha value is -7.56. The van der Waals surface area contributed by atoms with Gasteiger partial charge in [0.05, 0.1) is 27.5 Å². The highest BCUT2D eigenvalue weighted by Crippen LogP contribution is 2.57. The molecule has 0 N–H and O–H groups in total. The van der Waals surface area contributed by atoms with E-state index in [1.807, 2.05) is 146 Å². The van der Waals surface area contributed by atoms with E-state index in [9.17, 15) is 4.79 Å². The van der Waals surface area contributed by atoms with Crippen LogP contribution in [0.5, 0.6) is 0 Å². The minimum Gasteiger partial charge on any atom is -0.414 e. The summed E-state index contributed by atoms with van der Waals surface area (Å²) in [5.74, 6) is 1.22. The van der Waals surface area contributed by atoms with Gasteiger partial charge >= 0.3 is 6.97 Å². The molecule has 338 valence electrons. The van der Waals surface area contributed by atoms with E-state index in [1.165, 1.54) is 0 Å². The number of thiophene rings is 1. The average molecular weight is 924 g/mol. The number of allylic oxidation sites excluding steroid dienone is 5. The molecule has 0 fully saturated rings. The Labute approximate surface area is 404 Å². The van der Waals surface area contributed by atoms with Crippen LogP contribution in [0.2, 0.25) is 0 Å². The number of fused-ring (bicyclic) bond motifs is 7. The number of hydrogen-bond acceptors (Lipinski definition) is 4. The van der Waals surface area contributed by atoms with Gasteiger partial charge in [-0.05, 0) is 68.3 Å². The van der Waals surface area contributed by atoms with Crippen LogP contribution in [-0.4, -0.2) is 42.8 Å². The molecule has 0 radical (unpaired) electrons. The van der Waals surface area contributed by atoms with Crippen LogP contribution < -0.4 is 0 Å². The first-order chi connectivity index (χ1) is 33.1. The second-order valence-corrected chi connectivity index (χ2v) is 21.3. The van der Waals surface area contributed by atoms with Crippen molar-refractivity contribution in [3.8, 4) is 55.6 Å². The molecular weight excluding hydrogens is 876 g/mol. The molecule has 1 aliphatic carbocycles. The normalized spacial score (nSPS) is 16.7. The fourth-order valence-corrected chi connectivity index (χ4v) is 11.7. The Morgan fingerprint density at radius 1 is 0.638 bits per heavy atom. The van der Waals surface area contributed by atoms with E-state index in [0.29, 0.717) is 33.7 Å². The van der Waals surface area contributed by atoms with E-state index in [4.69, 9.17) is 9.98 Å². The van der Waals surface area contributed by atoms with E-state index < -0.39 is 23.3 Å². The number of amidine groups is 1. The molecule has 0 unspecified atom stereocenters. The molecule has 69 heavy (non-hydrogen) atoms. The first kappa shape index (κ1) is 42.8. The predicted octanol–water partition coefficient (Wildman–Crippen LogP) is 14.5. The van der Waals surface area contributed by atoms with Gasteiger partial charge in [0.25, 0.3) is 5.84 Å². The van der Waals surface area contributed by atoms with E-state index >= 15 is 8.63 Å². The second-order valence-electron chi connectivity index (χ2n) is 20.4. The number of carbonyl (C=O) groups is 1. The second kappa shape index (κ2) is 15.2. The van der Waals surface area contributed by atoms with E-state index in [-0.39, 0.29) is 17.4 Å². The maximum atomic E-state index is 18.1. The van der Waals surface area contributed by atoms with E-state index in [2.05, 4.69) is 81.8 Å². The summed E-state index contributed by atoms with van der Waals surface area (Å²) in [7, 11) is 0. The molecule has 12 rings (SSSR count). The minimum atomic E-state index is -4.49. The molecule has 0 saturated heterocycles. The third-order valence-corrected chi connectivity index (χ3v) is 14.9. The molecule has 4 aliphatic rings. The number of ketones is 1. The Morgan fingerprint density at radius 3 is 1.75 bits per heavy atom. The molecule has 8 aromatic rings. The summed E-state index contributed by atoms with van der Waals surface area (Å²) in [6.07, 6.45) is 6.23. The lowest BCUT2D eigenvalue weighted by atomic mass is 9.68. The zero-order chi connectivity index (χ0) is 47.6. The topological polar surface area (TPSA) is 55.2 Å². The number of rotatable bonds is 6. The van der Waals surface area contributed by atoms with Crippen molar-refractivity contribution in [1.29, 1.82) is 0 Å². The van der Waals surface area contributed by atoms with Gasteiger partial charge in [0.15, 0.2) is 5.78 Å². The van der Waals surface area contributed by atoms with Crippen molar-refractivity contribution in [1.82, 2.24) is 14.0 Å². The average Bonchev–Trinajstić information content (AvgIpc) is 4.19. The Balaban J connectivity index is 1.06. The third-order valence-electron chi connectivity index (χ3n) is 14.0. The maximum Gasteiger partial charge on any atom is 0.642 e. The molecule has 5 aromatic carbocycles. The number of hydrogen-bond donors (Lipinski definition) is 0. The number of aliphatic imine (C=N–C) groups is 1. The summed E-state index contributed by atoms with van der Waals surface area (Å²) in [5, 5.41) is 2.14. The van der Waals surface area contributed by atoms with Gasteiger partial charge in [-0.1, -0.05) is 187 Å².